The number of nitrogens with one attached hydrogen (secondary N) is 2. The van der Waals surface area contributed by atoms with Crippen LogP contribution in [0.5, 0.6) is 0 Å². The van der Waals surface area contributed by atoms with Crippen LogP contribution in [0.2, 0.25) is 0 Å². The topological polar surface area (TPSA) is 142 Å². The van der Waals surface area contributed by atoms with Crippen LogP contribution in [0.15, 0.2) is 0 Å². The van der Waals surface area contributed by atoms with E-state index in [4.69, 9.17) is 10.8 Å². The molecule has 2 amide bonds. The van der Waals surface area contributed by atoms with Crippen LogP contribution in [0.4, 0.5) is 0 Å². The molecular weight excluding hydrogens is 290 g/mol. The third-order valence-electron chi connectivity index (χ3n) is 3.56. The molecule has 0 bridgehead atoms. The number of aliphatic hydroxyl groups excluding tert-OH is 1. The van der Waals surface area contributed by atoms with Crippen LogP contribution in [0, 0.1) is 11.8 Å². The Hall–Kier alpha value is -1.67. The molecule has 0 fully saturated rings. The van der Waals surface area contributed by atoms with Gasteiger partial charge >= 0.3 is 5.97 Å². The number of carbonyl (C=O) groups is 3. The molecule has 0 saturated carbocycles. The van der Waals surface area contributed by atoms with Crippen molar-refractivity contribution >= 4 is 17.8 Å². The quantitative estimate of drug-likeness (QED) is 0.372. The second kappa shape index (κ2) is 9.37. The zero-order valence-corrected chi connectivity index (χ0v) is 13.5. The van der Waals surface area contributed by atoms with Crippen LogP contribution in [0.1, 0.15) is 34.1 Å². The van der Waals surface area contributed by atoms with Crippen LogP contribution >= 0.6 is 0 Å². The smallest absolute Gasteiger partial charge is 0.326 e. The van der Waals surface area contributed by atoms with Gasteiger partial charge in [0.05, 0.1) is 6.61 Å². The number of hydrogen-bond acceptors (Lipinski definition) is 5. The summed E-state index contributed by atoms with van der Waals surface area (Å²) >= 11 is 0. The first-order chi connectivity index (χ1) is 10.1. The van der Waals surface area contributed by atoms with Crippen molar-refractivity contribution in [2.75, 3.05) is 6.61 Å². The highest BCUT2D eigenvalue weighted by atomic mass is 16.4. The van der Waals surface area contributed by atoms with Gasteiger partial charge in [-0.05, 0) is 11.8 Å². The number of amides is 2. The minimum Gasteiger partial charge on any atom is -0.480 e. The van der Waals surface area contributed by atoms with Gasteiger partial charge in [0.25, 0.3) is 0 Å². The molecule has 0 aromatic carbocycles. The van der Waals surface area contributed by atoms with Gasteiger partial charge in [0.15, 0.2) is 0 Å². The Morgan fingerprint density at radius 3 is 1.91 bits per heavy atom. The molecule has 0 aromatic heterocycles. The molecule has 4 unspecified atom stereocenters. The number of carbonyl (C=O) groups excluding carboxylic acids is 2. The van der Waals surface area contributed by atoms with E-state index in [1.807, 2.05) is 6.92 Å². The number of nitrogens with two attached hydrogens (primary N) is 1. The van der Waals surface area contributed by atoms with E-state index < -0.39 is 42.5 Å². The SMILES string of the molecule is CCC(C)C(NC(=O)C(NC(=O)C(N)CO)C(C)C)C(=O)O. The van der Waals surface area contributed by atoms with Crippen molar-refractivity contribution in [2.45, 2.75) is 52.2 Å². The molecule has 0 spiro atoms. The predicted molar refractivity (Wildman–Crippen MR) is 80.9 cm³/mol. The summed E-state index contributed by atoms with van der Waals surface area (Å²) in [6.07, 6.45) is 0.589. The van der Waals surface area contributed by atoms with Gasteiger partial charge in [-0.2, -0.15) is 0 Å². The average Bonchev–Trinajstić information content (AvgIpc) is 2.47. The highest BCUT2D eigenvalue weighted by Gasteiger charge is 2.31. The third-order valence-corrected chi connectivity index (χ3v) is 3.56. The lowest BCUT2D eigenvalue weighted by Crippen LogP contribution is -2.57. The van der Waals surface area contributed by atoms with Gasteiger partial charge in [-0.25, -0.2) is 4.79 Å². The average molecular weight is 317 g/mol. The number of carboxylic acids is 1. The standard InChI is InChI=1S/C14H27N3O5/c1-5-8(4)11(14(21)22)17-13(20)10(7(2)3)16-12(19)9(15)6-18/h7-11,18H,5-6,15H2,1-4H3,(H,16,19)(H,17,20)(H,21,22). The number of rotatable bonds is 9. The summed E-state index contributed by atoms with van der Waals surface area (Å²) in [7, 11) is 0. The van der Waals surface area contributed by atoms with Crippen LogP contribution in [-0.2, 0) is 14.4 Å². The van der Waals surface area contributed by atoms with Crippen LogP contribution < -0.4 is 16.4 Å². The van der Waals surface area contributed by atoms with Crippen molar-refractivity contribution < 1.29 is 24.6 Å². The minimum absolute atomic E-state index is 0.246. The van der Waals surface area contributed by atoms with Crippen LogP contribution in [-0.4, -0.2) is 52.7 Å². The lowest BCUT2D eigenvalue weighted by Gasteiger charge is -2.26. The van der Waals surface area contributed by atoms with Gasteiger partial charge in [-0.15, -0.1) is 0 Å². The van der Waals surface area contributed by atoms with Gasteiger partial charge in [-0.1, -0.05) is 34.1 Å². The molecule has 22 heavy (non-hydrogen) atoms. The molecule has 0 aliphatic carbocycles. The van der Waals surface area contributed by atoms with E-state index in [-0.39, 0.29) is 11.8 Å². The molecule has 8 heteroatoms. The Kier molecular flexibility index (Phi) is 8.66. The first-order valence-corrected chi connectivity index (χ1v) is 7.35. The summed E-state index contributed by atoms with van der Waals surface area (Å²) in [4.78, 5) is 35.2. The van der Waals surface area contributed by atoms with E-state index in [9.17, 15) is 19.5 Å². The molecule has 4 atom stereocenters. The fourth-order valence-corrected chi connectivity index (χ4v) is 1.80. The molecule has 0 aliphatic heterocycles. The molecule has 0 rings (SSSR count). The Labute approximate surface area is 130 Å². The predicted octanol–water partition coefficient (Wildman–Crippen LogP) is -0.938. The Bertz CT molecular complexity index is 400. The molecule has 0 heterocycles. The van der Waals surface area contributed by atoms with Crippen molar-refractivity contribution in [3.8, 4) is 0 Å². The summed E-state index contributed by atoms with van der Waals surface area (Å²) in [5.74, 6) is -2.87. The van der Waals surface area contributed by atoms with E-state index >= 15 is 0 Å². The van der Waals surface area contributed by atoms with Crippen LogP contribution in [0.3, 0.4) is 0 Å². The molecule has 0 saturated heterocycles. The number of hydrogen-bond donors (Lipinski definition) is 5. The summed E-state index contributed by atoms with van der Waals surface area (Å²) in [6.45, 7) is 6.45. The van der Waals surface area contributed by atoms with Crippen molar-refractivity contribution in [1.82, 2.24) is 10.6 Å². The molecular formula is C14H27N3O5. The van der Waals surface area contributed by atoms with E-state index in [1.165, 1.54) is 0 Å². The zero-order valence-electron chi connectivity index (χ0n) is 13.5. The molecule has 128 valence electrons. The lowest BCUT2D eigenvalue weighted by molar-refractivity contribution is -0.144. The van der Waals surface area contributed by atoms with E-state index in [2.05, 4.69) is 10.6 Å². The Morgan fingerprint density at radius 1 is 1.05 bits per heavy atom. The van der Waals surface area contributed by atoms with Crippen LogP contribution in [0.25, 0.3) is 0 Å². The monoisotopic (exact) mass is 317 g/mol. The first-order valence-electron chi connectivity index (χ1n) is 7.35. The third kappa shape index (κ3) is 5.98. The molecule has 0 aliphatic rings. The second-order valence-corrected chi connectivity index (χ2v) is 5.73. The summed E-state index contributed by atoms with van der Waals surface area (Å²) in [5, 5.41) is 22.9. The normalized spacial score (nSPS) is 16.5. The van der Waals surface area contributed by atoms with Crippen molar-refractivity contribution in [2.24, 2.45) is 17.6 Å². The zero-order chi connectivity index (χ0) is 17.4. The van der Waals surface area contributed by atoms with E-state index in [1.54, 1.807) is 20.8 Å². The number of aliphatic carboxylic acids is 1. The summed E-state index contributed by atoms with van der Waals surface area (Å²) in [6, 6.07) is -3.07. The summed E-state index contributed by atoms with van der Waals surface area (Å²) < 4.78 is 0. The number of aliphatic hydroxyl groups is 1. The van der Waals surface area contributed by atoms with Crippen molar-refractivity contribution in [3.63, 3.8) is 0 Å². The van der Waals surface area contributed by atoms with Gasteiger partial charge < -0.3 is 26.6 Å². The van der Waals surface area contributed by atoms with Gasteiger partial charge in [0.1, 0.15) is 18.1 Å². The molecule has 0 aromatic rings. The second-order valence-electron chi connectivity index (χ2n) is 5.73. The minimum atomic E-state index is -1.13. The maximum Gasteiger partial charge on any atom is 0.326 e. The molecule has 8 nitrogen and oxygen atoms in total. The maximum atomic E-state index is 12.3. The molecule has 0 radical (unpaired) electrons. The first kappa shape index (κ1) is 20.3. The van der Waals surface area contributed by atoms with Gasteiger partial charge in [0, 0.05) is 0 Å². The van der Waals surface area contributed by atoms with Gasteiger partial charge in [0.2, 0.25) is 11.8 Å². The van der Waals surface area contributed by atoms with E-state index in [0.29, 0.717) is 6.42 Å². The Balaban J connectivity index is 4.99. The van der Waals surface area contributed by atoms with Crippen molar-refractivity contribution in [3.05, 3.63) is 0 Å². The highest BCUT2D eigenvalue weighted by Crippen LogP contribution is 2.10. The summed E-state index contributed by atoms with van der Waals surface area (Å²) in [5.41, 5.74) is 5.40. The fraction of sp³-hybridized carbons (Fsp3) is 0.786. The van der Waals surface area contributed by atoms with Crippen molar-refractivity contribution in [1.29, 1.82) is 0 Å². The number of carboxylic acid groups (broad SMARTS) is 1. The highest BCUT2D eigenvalue weighted by molar-refractivity contribution is 5.92. The van der Waals surface area contributed by atoms with E-state index in [0.717, 1.165) is 0 Å². The molecule has 6 N–H and O–H groups in total. The lowest BCUT2D eigenvalue weighted by atomic mass is 9.97. The fourth-order valence-electron chi connectivity index (χ4n) is 1.80. The Morgan fingerprint density at radius 2 is 1.55 bits per heavy atom. The van der Waals surface area contributed by atoms with Gasteiger partial charge in [-0.3, -0.25) is 9.59 Å². The largest absolute Gasteiger partial charge is 0.480 e. The maximum absolute atomic E-state index is 12.3.